The minimum absolute atomic E-state index is 0.127. The smallest absolute Gasteiger partial charge is 0.123 e. The molecule has 0 spiro atoms. The summed E-state index contributed by atoms with van der Waals surface area (Å²) in [5.41, 5.74) is 2.33. The Kier molecular flexibility index (Phi) is 4.00. The van der Waals surface area contributed by atoms with Crippen LogP contribution in [0.4, 0.5) is 10.1 Å². The van der Waals surface area contributed by atoms with Gasteiger partial charge in [0.2, 0.25) is 0 Å². The number of hydrogen-bond acceptors (Lipinski definition) is 2. The molecule has 1 aromatic rings. The molecule has 0 atom stereocenters. The zero-order valence-electron chi connectivity index (χ0n) is 10.7. The molecule has 1 aromatic carbocycles. The van der Waals surface area contributed by atoms with Crippen molar-refractivity contribution in [2.24, 2.45) is 0 Å². The van der Waals surface area contributed by atoms with Gasteiger partial charge in [0.05, 0.1) is 0 Å². The van der Waals surface area contributed by atoms with Crippen molar-refractivity contribution in [2.75, 3.05) is 37.6 Å². The molecule has 1 aliphatic heterocycles. The van der Waals surface area contributed by atoms with Gasteiger partial charge in [-0.3, -0.25) is 0 Å². The van der Waals surface area contributed by atoms with Crippen LogP contribution in [0, 0.1) is 5.82 Å². The number of piperazine rings is 1. The van der Waals surface area contributed by atoms with Gasteiger partial charge in [0, 0.05) is 31.9 Å². The molecule has 0 unspecified atom stereocenters. The largest absolute Gasteiger partial charge is 0.369 e. The molecule has 17 heavy (non-hydrogen) atoms. The maximum Gasteiger partial charge on any atom is 0.123 e. The number of halogens is 1. The third-order valence-corrected chi connectivity index (χ3v) is 3.58. The van der Waals surface area contributed by atoms with Crippen LogP contribution in [0.15, 0.2) is 18.2 Å². The van der Waals surface area contributed by atoms with Crippen LogP contribution in [0.2, 0.25) is 0 Å². The molecular formula is C14H21FN2. The maximum atomic E-state index is 13.2. The summed E-state index contributed by atoms with van der Waals surface area (Å²) in [5, 5.41) is 0. The summed E-state index contributed by atoms with van der Waals surface area (Å²) >= 11 is 0. The summed E-state index contributed by atoms with van der Waals surface area (Å²) in [6, 6.07) is 5.16. The van der Waals surface area contributed by atoms with Crippen LogP contribution in [-0.2, 0) is 6.42 Å². The zero-order chi connectivity index (χ0) is 12.3. The van der Waals surface area contributed by atoms with Gasteiger partial charge in [-0.25, -0.2) is 4.39 Å². The van der Waals surface area contributed by atoms with E-state index in [-0.39, 0.29) is 5.82 Å². The van der Waals surface area contributed by atoms with Crippen LogP contribution in [0.1, 0.15) is 19.4 Å². The molecule has 3 heteroatoms. The first-order chi connectivity index (χ1) is 8.24. The molecule has 0 bridgehead atoms. The van der Waals surface area contributed by atoms with Crippen molar-refractivity contribution in [3.8, 4) is 0 Å². The van der Waals surface area contributed by atoms with Gasteiger partial charge in [-0.05, 0) is 36.7 Å². The number of benzene rings is 1. The average molecular weight is 236 g/mol. The Hall–Kier alpha value is -1.09. The monoisotopic (exact) mass is 236 g/mol. The highest BCUT2D eigenvalue weighted by Crippen LogP contribution is 2.23. The van der Waals surface area contributed by atoms with E-state index in [1.165, 1.54) is 5.69 Å². The van der Waals surface area contributed by atoms with E-state index in [4.69, 9.17) is 0 Å². The molecule has 0 N–H and O–H groups in total. The Bertz CT molecular complexity index is 370. The van der Waals surface area contributed by atoms with Crippen molar-refractivity contribution >= 4 is 5.69 Å². The fraction of sp³-hybridized carbons (Fsp3) is 0.571. The summed E-state index contributed by atoms with van der Waals surface area (Å²) < 4.78 is 13.2. The third-order valence-electron chi connectivity index (χ3n) is 3.58. The normalized spacial score (nSPS) is 17.5. The molecule has 1 aliphatic rings. The van der Waals surface area contributed by atoms with E-state index in [0.717, 1.165) is 44.7 Å². The molecule has 94 valence electrons. The highest BCUT2D eigenvalue weighted by Gasteiger charge is 2.17. The fourth-order valence-corrected chi connectivity index (χ4v) is 2.45. The van der Waals surface area contributed by atoms with Crippen LogP contribution in [0.3, 0.4) is 0 Å². The van der Waals surface area contributed by atoms with E-state index in [9.17, 15) is 4.39 Å². The molecular weight excluding hydrogens is 215 g/mol. The van der Waals surface area contributed by atoms with E-state index in [0.29, 0.717) is 0 Å². The number of aryl methyl sites for hydroxylation is 1. The maximum absolute atomic E-state index is 13.2. The number of hydrogen-bond donors (Lipinski definition) is 0. The van der Waals surface area contributed by atoms with Gasteiger partial charge in [0.1, 0.15) is 5.82 Å². The summed E-state index contributed by atoms with van der Waals surface area (Å²) in [4.78, 5) is 4.83. The minimum Gasteiger partial charge on any atom is -0.369 e. The lowest BCUT2D eigenvalue weighted by Gasteiger charge is -2.36. The van der Waals surface area contributed by atoms with Gasteiger partial charge in [0.15, 0.2) is 0 Å². The van der Waals surface area contributed by atoms with Gasteiger partial charge in [0.25, 0.3) is 0 Å². The number of anilines is 1. The Morgan fingerprint density at radius 3 is 2.41 bits per heavy atom. The molecule has 1 saturated heterocycles. The van der Waals surface area contributed by atoms with Gasteiger partial charge < -0.3 is 9.80 Å². The molecule has 2 rings (SSSR count). The van der Waals surface area contributed by atoms with Gasteiger partial charge in [-0.15, -0.1) is 0 Å². The highest BCUT2D eigenvalue weighted by atomic mass is 19.1. The van der Waals surface area contributed by atoms with Gasteiger partial charge in [-0.1, -0.05) is 13.8 Å². The molecule has 0 aromatic heterocycles. The van der Waals surface area contributed by atoms with E-state index in [1.54, 1.807) is 12.1 Å². The standard InChI is InChI=1S/C14H21FN2/c1-3-12-11-13(15)5-6-14(12)17-9-7-16(4-2)8-10-17/h5-6,11H,3-4,7-10H2,1-2H3. The Labute approximate surface area is 103 Å². The van der Waals surface area contributed by atoms with Crippen LogP contribution >= 0.6 is 0 Å². The minimum atomic E-state index is -0.127. The van der Waals surface area contributed by atoms with E-state index < -0.39 is 0 Å². The first kappa shape index (κ1) is 12.4. The summed E-state index contributed by atoms with van der Waals surface area (Å²) in [5.74, 6) is -0.127. The number of nitrogens with zero attached hydrogens (tertiary/aromatic N) is 2. The summed E-state index contributed by atoms with van der Waals surface area (Å²) in [6.07, 6.45) is 0.890. The first-order valence-electron chi connectivity index (χ1n) is 6.50. The third kappa shape index (κ3) is 2.78. The van der Waals surface area contributed by atoms with Crippen molar-refractivity contribution in [3.05, 3.63) is 29.6 Å². The lowest BCUT2D eigenvalue weighted by molar-refractivity contribution is 0.271. The molecule has 0 radical (unpaired) electrons. The van der Waals surface area contributed by atoms with Crippen LogP contribution in [-0.4, -0.2) is 37.6 Å². The van der Waals surface area contributed by atoms with Crippen molar-refractivity contribution in [2.45, 2.75) is 20.3 Å². The Morgan fingerprint density at radius 2 is 1.82 bits per heavy atom. The second kappa shape index (κ2) is 5.50. The lowest BCUT2D eigenvalue weighted by atomic mass is 10.1. The van der Waals surface area contributed by atoms with Crippen molar-refractivity contribution < 1.29 is 4.39 Å². The fourth-order valence-electron chi connectivity index (χ4n) is 2.45. The van der Waals surface area contributed by atoms with E-state index in [2.05, 4.69) is 23.6 Å². The van der Waals surface area contributed by atoms with Crippen molar-refractivity contribution in [1.82, 2.24) is 4.90 Å². The van der Waals surface area contributed by atoms with Crippen LogP contribution in [0.25, 0.3) is 0 Å². The Balaban J connectivity index is 2.12. The average Bonchev–Trinajstić information content (AvgIpc) is 2.39. The molecule has 0 saturated carbocycles. The van der Waals surface area contributed by atoms with E-state index >= 15 is 0 Å². The predicted molar refractivity (Wildman–Crippen MR) is 70.1 cm³/mol. The SMILES string of the molecule is CCc1cc(F)ccc1N1CCN(CC)CC1. The predicted octanol–water partition coefficient (Wildman–Crippen LogP) is 2.53. The highest BCUT2D eigenvalue weighted by molar-refractivity contribution is 5.54. The van der Waals surface area contributed by atoms with Crippen molar-refractivity contribution in [1.29, 1.82) is 0 Å². The summed E-state index contributed by atoms with van der Waals surface area (Å²) in [6.45, 7) is 9.72. The van der Waals surface area contributed by atoms with Crippen molar-refractivity contribution in [3.63, 3.8) is 0 Å². The second-order valence-electron chi connectivity index (χ2n) is 4.55. The molecule has 2 nitrogen and oxygen atoms in total. The quantitative estimate of drug-likeness (QED) is 0.795. The Morgan fingerprint density at radius 1 is 1.12 bits per heavy atom. The first-order valence-corrected chi connectivity index (χ1v) is 6.50. The lowest BCUT2D eigenvalue weighted by Crippen LogP contribution is -2.46. The van der Waals surface area contributed by atoms with Crippen LogP contribution < -0.4 is 4.90 Å². The van der Waals surface area contributed by atoms with E-state index in [1.807, 2.05) is 6.07 Å². The van der Waals surface area contributed by atoms with Gasteiger partial charge >= 0.3 is 0 Å². The molecule has 0 aliphatic carbocycles. The second-order valence-corrected chi connectivity index (χ2v) is 4.55. The molecule has 0 amide bonds. The number of likely N-dealkylation sites (N-methyl/N-ethyl adjacent to an activating group) is 1. The molecule has 1 fully saturated rings. The van der Waals surface area contributed by atoms with Gasteiger partial charge in [-0.2, -0.15) is 0 Å². The molecule has 1 heterocycles. The topological polar surface area (TPSA) is 6.48 Å². The van der Waals surface area contributed by atoms with Crippen LogP contribution in [0.5, 0.6) is 0 Å². The zero-order valence-corrected chi connectivity index (χ0v) is 10.7. The summed E-state index contributed by atoms with van der Waals surface area (Å²) in [7, 11) is 0. The number of rotatable bonds is 3.